The highest BCUT2D eigenvalue weighted by atomic mass is 16.1. The molecule has 1 saturated heterocycles. The van der Waals surface area contributed by atoms with E-state index in [1.54, 1.807) is 0 Å². The largest absolute Gasteiger partial charge is 0.350 e. The van der Waals surface area contributed by atoms with Crippen LogP contribution in [0.15, 0.2) is 12.7 Å². The van der Waals surface area contributed by atoms with Gasteiger partial charge in [-0.3, -0.25) is 4.79 Å². The zero-order chi connectivity index (χ0) is 10.0. The molecule has 1 atom stereocenters. The van der Waals surface area contributed by atoms with Gasteiger partial charge in [0.05, 0.1) is 0 Å². The van der Waals surface area contributed by atoms with Gasteiger partial charge in [-0.15, -0.1) is 0 Å². The Morgan fingerprint density at radius 3 is 2.93 bits per heavy atom. The molecule has 3 nitrogen and oxygen atoms in total. The van der Waals surface area contributed by atoms with Gasteiger partial charge in [-0.25, -0.2) is 0 Å². The molecule has 1 heterocycles. The summed E-state index contributed by atoms with van der Waals surface area (Å²) in [6.45, 7) is 4.50. The zero-order valence-electron chi connectivity index (χ0n) is 8.51. The second-order valence-corrected chi connectivity index (χ2v) is 4.46. The molecule has 78 valence electrons. The van der Waals surface area contributed by atoms with Crippen LogP contribution in [0.5, 0.6) is 0 Å². The van der Waals surface area contributed by atoms with Crippen molar-refractivity contribution in [3.8, 4) is 0 Å². The van der Waals surface area contributed by atoms with Gasteiger partial charge in [-0.2, -0.15) is 0 Å². The van der Waals surface area contributed by atoms with Crippen molar-refractivity contribution in [1.82, 2.24) is 10.6 Å². The van der Waals surface area contributed by atoms with E-state index < -0.39 is 0 Å². The topological polar surface area (TPSA) is 41.1 Å². The van der Waals surface area contributed by atoms with Crippen molar-refractivity contribution in [2.45, 2.75) is 43.7 Å². The molecule has 0 aromatic rings. The molecule has 2 N–H and O–H groups in total. The predicted molar refractivity (Wildman–Crippen MR) is 55.9 cm³/mol. The van der Waals surface area contributed by atoms with Crippen LogP contribution in [-0.2, 0) is 4.79 Å². The Kier molecular flexibility index (Phi) is 2.59. The summed E-state index contributed by atoms with van der Waals surface area (Å²) < 4.78 is 0. The van der Waals surface area contributed by atoms with E-state index in [4.69, 9.17) is 0 Å². The maximum absolute atomic E-state index is 11.1. The number of carbonyl (C=O) groups is 1. The van der Waals surface area contributed by atoms with Crippen LogP contribution in [0.25, 0.3) is 0 Å². The SMILES string of the molecule is C=CC(=O)NC1CCNC2(CCC2)C1. The maximum atomic E-state index is 11.1. The minimum Gasteiger partial charge on any atom is -0.350 e. The van der Waals surface area contributed by atoms with E-state index in [1.165, 1.54) is 25.3 Å². The first-order chi connectivity index (χ1) is 6.74. The number of amides is 1. The van der Waals surface area contributed by atoms with Gasteiger partial charge in [0.15, 0.2) is 0 Å². The first-order valence-electron chi connectivity index (χ1n) is 5.42. The third-order valence-corrected chi connectivity index (χ3v) is 3.47. The number of rotatable bonds is 2. The summed E-state index contributed by atoms with van der Waals surface area (Å²) in [5.41, 5.74) is 0.358. The Labute approximate surface area is 84.9 Å². The number of hydrogen-bond acceptors (Lipinski definition) is 2. The van der Waals surface area contributed by atoms with Crippen LogP contribution in [0.3, 0.4) is 0 Å². The van der Waals surface area contributed by atoms with Crippen molar-refractivity contribution in [1.29, 1.82) is 0 Å². The van der Waals surface area contributed by atoms with E-state index in [9.17, 15) is 4.79 Å². The van der Waals surface area contributed by atoms with Crippen LogP contribution < -0.4 is 10.6 Å². The molecular formula is C11H18N2O. The first-order valence-corrected chi connectivity index (χ1v) is 5.42. The van der Waals surface area contributed by atoms with E-state index in [0.717, 1.165) is 19.4 Å². The molecule has 1 unspecified atom stereocenters. The molecule has 1 aliphatic heterocycles. The van der Waals surface area contributed by atoms with E-state index >= 15 is 0 Å². The summed E-state index contributed by atoms with van der Waals surface area (Å²) in [5.74, 6) is -0.0358. The molecule has 1 saturated carbocycles. The molecule has 0 bridgehead atoms. The molecule has 0 radical (unpaired) electrons. The molecule has 0 aromatic carbocycles. The molecule has 2 fully saturated rings. The summed E-state index contributed by atoms with van der Waals surface area (Å²) in [4.78, 5) is 11.1. The first kappa shape index (κ1) is 9.71. The van der Waals surface area contributed by atoms with Gasteiger partial charge >= 0.3 is 0 Å². The molecule has 0 aromatic heterocycles. The van der Waals surface area contributed by atoms with Crippen molar-refractivity contribution in [2.75, 3.05) is 6.54 Å². The van der Waals surface area contributed by atoms with Crippen LogP contribution in [0.4, 0.5) is 0 Å². The monoisotopic (exact) mass is 194 g/mol. The van der Waals surface area contributed by atoms with Crippen molar-refractivity contribution < 1.29 is 4.79 Å². The van der Waals surface area contributed by atoms with Gasteiger partial charge in [-0.05, 0) is 44.7 Å². The van der Waals surface area contributed by atoms with Crippen molar-refractivity contribution in [3.63, 3.8) is 0 Å². The number of piperidine rings is 1. The summed E-state index contributed by atoms with van der Waals surface area (Å²) in [5, 5.41) is 6.57. The molecule has 2 rings (SSSR count). The van der Waals surface area contributed by atoms with Crippen LogP contribution >= 0.6 is 0 Å². The highest BCUT2D eigenvalue weighted by molar-refractivity contribution is 5.87. The Morgan fingerprint density at radius 2 is 2.36 bits per heavy atom. The van der Waals surface area contributed by atoms with Crippen molar-refractivity contribution in [3.05, 3.63) is 12.7 Å². The average molecular weight is 194 g/mol. The minimum atomic E-state index is -0.0358. The smallest absolute Gasteiger partial charge is 0.243 e. The minimum absolute atomic E-state index is 0.0358. The van der Waals surface area contributed by atoms with Crippen molar-refractivity contribution in [2.24, 2.45) is 0 Å². The molecule has 1 spiro atoms. The lowest BCUT2D eigenvalue weighted by Crippen LogP contribution is -2.59. The van der Waals surface area contributed by atoms with Crippen LogP contribution in [-0.4, -0.2) is 24.0 Å². The van der Waals surface area contributed by atoms with Crippen LogP contribution in [0.2, 0.25) is 0 Å². The fraction of sp³-hybridized carbons (Fsp3) is 0.727. The lowest BCUT2D eigenvalue weighted by atomic mass is 9.70. The van der Waals surface area contributed by atoms with E-state index in [2.05, 4.69) is 17.2 Å². The number of carbonyl (C=O) groups excluding carboxylic acids is 1. The summed E-state index contributed by atoms with van der Waals surface area (Å²) in [6, 6.07) is 0.349. The lowest BCUT2D eigenvalue weighted by Gasteiger charge is -2.48. The van der Waals surface area contributed by atoms with Gasteiger partial charge in [0.25, 0.3) is 0 Å². The van der Waals surface area contributed by atoms with Gasteiger partial charge in [-0.1, -0.05) is 6.58 Å². The normalized spacial score (nSPS) is 29.3. The van der Waals surface area contributed by atoms with E-state index in [0.29, 0.717) is 11.6 Å². The van der Waals surface area contributed by atoms with Crippen molar-refractivity contribution >= 4 is 5.91 Å². The van der Waals surface area contributed by atoms with Gasteiger partial charge < -0.3 is 10.6 Å². The number of nitrogens with one attached hydrogen (secondary N) is 2. The van der Waals surface area contributed by atoms with E-state index in [1.807, 2.05) is 0 Å². The molecule has 3 heteroatoms. The molecule has 14 heavy (non-hydrogen) atoms. The average Bonchev–Trinajstić information content (AvgIpc) is 2.16. The van der Waals surface area contributed by atoms with Gasteiger partial charge in [0, 0.05) is 11.6 Å². The Bertz CT molecular complexity index is 246. The highest BCUT2D eigenvalue weighted by Crippen LogP contribution is 2.38. The van der Waals surface area contributed by atoms with Gasteiger partial charge in [0.2, 0.25) is 5.91 Å². The number of hydrogen-bond donors (Lipinski definition) is 2. The summed E-state index contributed by atoms with van der Waals surface area (Å²) in [7, 11) is 0. The summed E-state index contributed by atoms with van der Waals surface area (Å²) >= 11 is 0. The lowest BCUT2D eigenvalue weighted by molar-refractivity contribution is -0.117. The molecule has 2 aliphatic rings. The third-order valence-electron chi connectivity index (χ3n) is 3.47. The molecular weight excluding hydrogens is 176 g/mol. The van der Waals surface area contributed by atoms with Crippen LogP contribution in [0.1, 0.15) is 32.1 Å². The quantitative estimate of drug-likeness (QED) is 0.643. The van der Waals surface area contributed by atoms with Gasteiger partial charge in [0.1, 0.15) is 0 Å². The fourth-order valence-electron chi connectivity index (χ4n) is 2.53. The molecule has 1 aliphatic carbocycles. The second-order valence-electron chi connectivity index (χ2n) is 4.46. The van der Waals surface area contributed by atoms with Crippen LogP contribution in [0, 0.1) is 0 Å². The molecule has 1 amide bonds. The summed E-state index contributed by atoms with van der Waals surface area (Å²) in [6.07, 6.45) is 7.36. The maximum Gasteiger partial charge on any atom is 0.243 e. The fourth-order valence-corrected chi connectivity index (χ4v) is 2.53. The zero-order valence-corrected chi connectivity index (χ0v) is 8.51. The van der Waals surface area contributed by atoms with E-state index in [-0.39, 0.29) is 5.91 Å². The highest BCUT2D eigenvalue weighted by Gasteiger charge is 2.40. The standard InChI is InChI=1S/C11H18N2O/c1-2-10(14)13-9-4-7-12-11(8-9)5-3-6-11/h2,9,12H,1,3-8H2,(H,13,14). The Balaban J connectivity index is 1.87. The Morgan fingerprint density at radius 1 is 1.57 bits per heavy atom. The second kappa shape index (κ2) is 3.73. The predicted octanol–water partition coefficient (Wildman–Crippen LogP) is 0.963. The Hall–Kier alpha value is -0.830. The third kappa shape index (κ3) is 1.82.